The number of hydrogen-bond donors (Lipinski definition) is 3. The van der Waals surface area contributed by atoms with Crippen LogP contribution >= 0.6 is 0 Å². The monoisotopic (exact) mass is 273 g/mol. The molecule has 114 valence electrons. The Morgan fingerprint density at radius 3 is 2.63 bits per heavy atom. The first-order chi connectivity index (χ1) is 9.16. The molecule has 1 fully saturated rings. The van der Waals surface area contributed by atoms with Crippen LogP contribution in [0.2, 0.25) is 0 Å². The van der Waals surface area contributed by atoms with Crippen molar-refractivity contribution in [1.29, 1.82) is 0 Å². The lowest BCUT2D eigenvalue weighted by molar-refractivity contribution is 0.0223. The SMILES string of the molecule is CCCCCCOCC(O)CNCC1(O)CCCC1. The molecule has 0 amide bonds. The molecule has 4 heteroatoms. The fourth-order valence-electron chi connectivity index (χ4n) is 2.59. The maximum atomic E-state index is 10.1. The zero-order chi connectivity index (χ0) is 14.0. The van der Waals surface area contributed by atoms with Gasteiger partial charge in [-0.05, 0) is 19.3 Å². The second-order valence-corrected chi connectivity index (χ2v) is 5.85. The van der Waals surface area contributed by atoms with Gasteiger partial charge in [-0.3, -0.25) is 0 Å². The normalized spacial score (nSPS) is 19.7. The summed E-state index contributed by atoms with van der Waals surface area (Å²) in [4.78, 5) is 0. The summed E-state index contributed by atoms with van der Waals surface area (Å²) in [6.07, 6.45) is 8.28. The van der Waals surface area contributed by atoms with Crippen molar-refractivity contribution in [2.24, 2.45) is 0 Å². The number of aliphatic hydroxyl groups is 2. The minimum atomic E-state index is -0.541. The standard InChI is InChI=1S/C15H31NO3/c1-2-3-4-7-10-19-12-14(17)11-16-13-15(18)8-5-6-9-15/h14,16-18H,2-13H2,1H3. The predicted octanol–water partition coefficient (Wildman–Crippen LogP) is 1.84. The summed E-state index contributed by atoms with van der Waals surface area (Å²) in [5, 5.41) is 23.0. The average molecular weight is 273 g/mol. The molecular formula is C15H31NO3. The topological polar surface area (TPSA) is 61.7 Å². The van der Waals surface area contributed by atoms with E-state index in [9.17, 15) is 10.2 Å². The van der Waals surface area contributed by atoms with Gasteiger partial charge in [0.1, 0.15) is 0 Å². The van der Waals surface area contributed by atoms with Crippen molar-refractivity contribution in [2.75, 3.05) is 26.3 Å². The van der Waals surface area contributed by atoms with E-state index in [-0.39, 0.29) is 0 Å². The van der Waals surface area contributed by atoms with Crippen LogP contribution in [0.5, 0.6) is 0 Å². The van der Waals surface area contributed by atoms with Gasteiger partial charge >= 0.3 is 0 Å². The smallest absolute Gasteiger partial charge is 0.0897 e. The van der Waals surface area contributed by atoms with Crippen LogP contribution in [0.1, 0.15) is 58.3 Å². The van der Waals surface area contributed by atoms with E-state index in [0.717, 1.165) is 38.7 Å². The molecule has 1 rings (SSSR count). The van der Waals surface area contributed by atoms with Crippen molar-refractivity contribution in [1.82, 2.24) is 5.32 Å². The van der Waals surface area contributed by atoms with Crippen molar-refractivity contribution in [2.45, 2.75) is 70.0 Å². The highest BCUT2D eigenvalue weighted by molar-refractivity contribution is 4.86. The molecule has 0 spiro atoms. The van der Waals surface area contributed by atoms with Crippen molar-refractivity contribution in [3.8, 4) is 0 Å². The van der Waals surface area contributed by atoms with Crippen LogP contribution in [-0.4, -0.2) is 48.2 Å². The van der Waals surface area contributed by atoms with Gasteiger partial charge in [-0.1, -0.05) is 39.0 Å². The fourth-order valence-corrected chi connectivity index (χ4v) is 2.59. The molecule has 0 radical (unpaired) electrons. The van der Waals surface area contributed by atoms with Crippen LogP contribution in [0.25, 0.3) is 0 Å². The van der Waals surface area contributed by atoms with E-state index in [2.05, 4.69) is 12.2 Å². The molecule has 0 aromatic carbocycles. The highest BCUT2D eigenvalue weighted by Gasteiger charge is 2.30. The van der Waals surface area contributed by atoms with E-state index in [1.165, 1.54) is 19.3 Å². The predicted molar refractivity (Wildman–Crippen MR) is 77.3 cm³/mol. The molecule has 1 unspecified atom stereocenters. The number of aliphatic hydroxyl groups excluding tert-OH is 1. The number of unbranched alkanes of at least 4 members (excludes halogenated alkanes) is 3. The highest BCUT2D eigenvalue weighted by Crippen LogP contribution is 2.28. The molecule has 0 saturated heterocycles. The first-order valence-corrected chi connectivity index (χ1v) is 7.85. The summed E-state index contributed by atoms with van der Waals surface area (Å²) >= 11 is 0. The van der Waals surface area contributed by atoms with Gasteiger partial charge in [0.25, 0.3) is 0 Å². The van der Waals surface area contributed by atoms with Crippen LogP contribution in [-0.2, 0) is 4.74 Å². The van der Waals surface area contributed by atoms with E-state index >= 15 is 0 Å². The first kappa shape index (κ1) is 16.9. The summed E-state index contributed by atoms with van der Waals surface area (Å²) in [7, 11) is 0. The van der Waals surface area contributed by atoms with Gasteiger partial charge < -0.3 is 20.3 Å². The van der Waals surface area contributed by atoms with E-state index < -0.39 is 11.7 Å². The molecule has 19 heavy (non-hydrogen) atoms. The van der Waals surface area contributed by atoms with Gasteiger partial charge in [0, 0.05) is 19.7 Å². The third-order valence-corrected chi connectivity index (χ3v) is 3.82. The molecule has 0 aliphatic heterocycles. The Kier molecular flexibility index (Phi) is 8.62. The number of ether oxygens (including phenoxy) is 1. The quantitative estimate of drug-likeness (QED) is 0.503. The highest BCUT2D eigenvalue weighted by atomic mass is 16.5. The van der Waals surface area contributed by atoms with Crippen molar-refractivity contribution in [3.05, 3.63) is 0 Å². The average Bonchev–Trinajstić information content (AvgIpc) is 2.81. The minimum absolute atomic E-state index is 0.386. The maximum Gasteiger partial charge on any atom is 0.0897 e. The zero-order valence-corrected chi connectivity index (χ0v) is 12.4. The molecular weight excluding hydrogens is 242 g/mol. The lowest BCUT2D eigenvalue weighted by Crippen LogP contribution is -2.41. The molecule has 0 bridgehead atoms. The van der Waals surface area contributed by atoms with E-state index in [1.807, 2.05) is 0 Å². The third-order valence-electron chi connectivity index (χ3n) is 3.82. The van der Waals surface area contributed by atoms with Crippen molar-refractivity contribution < 1.29 is 14.9 Å². The molecule has 0 aromatic heterocycles. The fraction of sp³-hybridized carbons (Fsp3) is 1.00. The molecule has 1 saturated carbocycles. The lowest BCUT2D eigenvalue weighted by atomic mass is 10.0. The van der Waals surface area contributed by atoms with Crippen LogP contribution in [0.3, 0.4) is 0 Å². The van der Waals surface area contributed by atoms with E-state index in [4.69, 9.17) is 4.74 Å². The second-order valence-electron chi connectivity index (χ2n) is 5.85. The second kappa shape index (κ2) is 9.70. The Balaban J connectivity index is 1.91. The summed E-state index contributed by atoms with van der Waals surface area (Å²) in [5.74, 6) is 0. The summed E-state index contributed by atoms with van der Waals surface area (Å²) in [5.41, 5.74) is -0.541. The molecule has 1 aliphatic carbocycles. The van der Waals surface area contributed by atoms with Gasteiger partial charge in [0.2, 0.25) is 0 Å². The molecule has 1 aliphatic rings. The number of rotatable bonds is 11. The van der Waals surface area contributed by atoms with Crippen LogP contribution in [0, 0.1) is 0 Å². The van der Waals surface area contributed by atoms with Crippen LogP contribution in [0.4, 0.5) is 0 Å². The maximum absolute atomic E-state index is 10.1. The molecule has 1 atom stereocenters. The first-order valence-electron chi connectivity index (χ1n) is 7.85. The summed E-state index contributed by atoms with van der Waals surface area (Å²) < 4.78 is 5.44. The van der Waals surface area contributed by atoms with Crippen LogP contribution in [0.15, 0.2) is 0 Å². The number of hydrogen-bond acceptors (Lipinski definition) is 4. The number of nitrogens with one attached hydrogen (secondary N) is 1. The van der Waals surface area contributed by atoms with Crippen molar-refractivity contribution >= 4 is 0 Å². The third kappa shape index (κ3) is 7.88. The molecule has 0 aromatic rings. The van der Waals surface area contributed by atoms with E-state index in [0.29, 0.717) is 19.7 Å². The summed E-state index contributed by atoms with van der Waals surface area (Å²) in [6, 6.07) is 0. The zero-order valence-electron chi connectivity index (χ0n) is 12.4. The molecule has 3 N–H and O–H groups in total. The Bertz CT molecular complexity index is 217. The van der Waals surface area contributed by atoms with Gasteiger partial charge in [0.05, 0.1) is 18.3 Å². The minimum Gasteiger partial charge on any atom is -0.389 e. The van der Waals surface area contributed by atoms with Gasteiger partial charge in [-0.2, -0.15) is 0 Å². The largest absolute Gasteiger partial charge is 0.389 e. The van der Waals surface area contributed by atoms with Gasteiger partial charge in [-0.15, -0.1) is 0 Å². The van der Waals surface area contributed by atoms with Gasteiger partial charge in [-0.25, -0.2) is 0 Å². The lowest BCUT2D eigenvalue weighted by Gasteiger charge is -2.23. The van der Waals surface area contributed by atoms with Crippen LogP contribution < -0.4 is 5.32 Å². The van der Waals surface area contributed by atoms with Gasteiger partial charge in [0.15, 0.2) is 0 Å². The van der Waals surface area contributed by atoms with Crippen molar-refractivity contribution in [3.63, 3.8) is 0 Å². The Hall–Kier alpha value is -0.160. The molecule has 4 nitrogen and oxygen atoms in total. The Morgan fingerprint density at radius 1 is 1.21 bits per heavy atom. The Labute approximate surface area is 117 Å². The Morgan fingerprint density at radius 2 is 1.95 bits per heavy atom. The van der Waals surface area contributed by atoms with E-state index in [1.54, 1.807) is 0 Å². The molecule has 0 heterocycles. The summed E-state index contributed by atoms with van der Waals surface area (Å²) in [6.45, 7) is 4.39.